The van der Waals surface area contributed by atoms with Crippen molar-refractivity contribution in [3.63, 3.8) is 0 Å². The van der Waals surface area contributed by atoms with Gasteiger partial charge in [0.05, 0.1) is 22.7 Å². The molecule has 0 aliphatic rings. The minimum Gasteiger partial charge on any atom is -0.457 e. The second kappa shape index (κ2) is 6.53. The van der Waals surface area contributed by atoms with Gasteiger partial charge in [-0.15, -0.1) is 11.3 Å². The average Bonchev–Trinajstić information content (AvgIpc) is 2.84. The third kappa shape index (κ3) is 4.16. The van der Waals surface area contributed by atoms with Gasteiger partial charge < -0.3 is 4.74 Å². The molecule has 21 heavy (non-hydrogen) atoms. The van der Waals surface area contributed by atoms with Crippen molar-refractivity contribution in [3.8, 4) is 0 Å². The Balaban J connectivity index is 1.91. The van der Waals surface area contributed by atoms with Crippen molar-refractivity contribution < 1.29 is 23.1 Å². The van der Waals surface area contributed by atoms with Crippen molar-refractivity contribution in [2.75, 3.05) is 6.61 Å². The summed E-state index contributed by atoms with van der Waals surface area (Å²) in [6, 6.07) is 2.53. The van der Waals surface area contributed by atoms with Crippen LogP contribution in [0.5, 0.6) is 0 Å². The van der Waals surface area contributed by atoms with Crippen LogP contribution in [-0.4, -0.2) is 23.3 Å². The number of nitrogens with zero attached hydrogens (tertiary/aromatic N) is 1. The Morgan fingerprint density at radius 3 is 2.76 bits per heavy atom. The maximum atomic E-state index is 13.4. The van der Waals surface area contributed by atoms with E-state index in [-0.39, 0.29) is 6.42 Å². The Hall–Kier alpha value is -2.15. The largest absolute Gasteiger partial charge is 0.457 e. The van der Waals surface area contributed by atoms with Gasteiger partial charge in [-0.1, -0.05) is 0 Å². The molecule has 0 fully saturated rings. The molecule has 0 N–H and O–H groups in total. The second-order valence-corrected chi connectivity index (χ2v) is 5.30. The van der Waals surface area contributed by atoms with Gasteiger partial charge in [-0.25, -0.2) is 13.8 Å². The SMILES string of the molecule is Cc1nc(CC(=O)OCC(=O)c2cc(F)ccc2F)cs1. The zero-order valence-corrected chi connectivity index (χ0v) is 11.9. The van der Waals surface area contributed by atoms with Crippen molar-refractivity contribution >= 4 is 23.1 Å². The summed E-state index contributed by atoms with van der Waals surface area (Å²) in [5, 5.41) is 2.53. The van der Waals surface area contributed by atoms with Crippen LogP contribution in [-0.2, 0) is 16.0 Å². The van der Waals surface area contributed by atoms with E-state index in [1.54, 1.807) is 12.3 Å². The number of esters is 1. The fourth-order valence-corrected chi connectivity index (χ4v) is 2.24. The summed E-state index contributed by atoms with van der Waals surface area (Å²) < 4.78 is 31.1. The molecule has 110 valence electrons. The highest BCUT2D eigenvalue weighted by molar-refractivity contribution is 7.09. The fraction of sp³-hybridized carbons (Fsp3) is 0.214. The first kappa shape index (κ1) is 15.2. The van der Waals surface area contributed by atoms with Gasteiger partial charge in [0.1, 0.15) is 11.6 Å². The molecule has 7 heteroatoms. The molecule has 0 atom stereocenters. The highest BCUT2D eigenvalue weighted by atomic mass is 32.1. The van der Waals surface area contributed by atoms with Crippen LogP contribution in [0.15, 0.2) is 23.6 Å². The molecule has 0 saturated carbocycles. The standard InChI is InChI=1S/C14H11F2NO3S/c1-8-17-10(7-21-8)5-14(19)20-6-13(18)11-4-9(15)2-3-12(11)16/h2-4,7H,5-6H2,1H3. The molecular formula is C14H11F2NO3S. The number of ether oxygens (including phenoxy) is 1. The fourth-order valence-electron chi connectivity index (χ4n) is 1.62. The summed E-state index contributed by atoms with van der Waals surface area (Å²) in [5.74, 6) is -3.03. The smallest absolute Gasteiger partial charge is 0.312 e. The van der Waals surface area contributed by atoms with Crippen LogP contribution in [0.3, 0.4) is 0 Å². The van der Waals surface area contributed by atoms with Crippen LogP contribution in [0.25, 0.3) is 0 Å². The number of hydrogen-bond acceptors (Lipinski definition) is 5. The maximum absolute atomic E-state index is 13.4. The normalized spacial score (nSPS) is 10.4. The summed E-state index contributed by atoms with van der Waals surface area (Å²) in [6.07, 6.45) is -0.0662. The van der Waals surface area contributed by atoms with Crippen molar-refractivity contribution in [3.05, 3.63) is 51.5 Å². The molecule has 0 bridgehead atoms. The molecule has 1 heterocycles. The Bertz CT molecular complexity index is 685. The van der Waals surface area contributed by atoms with E-state index in [2.05, 4.69) is 4.98 Å². The number of ketones is 1. The minimum atomic E-state index is -0.854. The van der Waals surface area contributed by atoms with E-state index >= 15 is 0 Å². The first-order chi connectivity index (χ1) is 9.95. The van der Waals surface area contributed by atoms with E-state index in [4.69, 9.17) is 4.74 Å². The molecule has 0 unspecified atom stereocenters. The number of carbonyl (C=O) groups is 2. The number of aromatic nitrogens is 1. The molecule has 2 aromatic rings. The zero-order valence-electron chi connectivity index (χ0n) is 11.1. The second-order valence-electron chi connectivity index (χ2n) is 4.24. The lowest BCUT2D eigenvalue weighted by atomic mass is 10.1. The van der Waals surface area contributed by atoms with Gasteiger partial charge >= 0.3 is 5.97 Å². The monoisotopic (exact) mass is 311 g/mol. The van der Waals surface area contributed by atoms with Crippen LogP contribution in [0.2, 0.25) is 0 Å². The van der Waals surface area contributed by atoms with Crippen molar-refractivity contribution in [2.24, 2.45) is 0 Å². The summed E-state index contributed by atoms with van der Waals surface area (Å²) in [7, 11) is 0. The van der Waals surface area contributed by atoms with E-state index in [0.29, 0.717) is 5.69 Å². The Morgan fingerprint density at radius 1 is 1.33 bits per heavy atom. The molecule has 0 amide bonds. The maximum Gasteiger partial charge on any atom is 0.312 e. The molecule has 1 aromatic heterocycles. The van der Waals surface area contributed by atoms with Gasteiger partial charge in [0.15, 0.2) is 6.61 Å². The molecule has 2 rings (SSSR count). The van der Waals surface area contributed by atoms with E-state index in [9.17, 15) is 18.4 Å². The molecule has 4 nitrogen and oxygen atoms in total. The highest BCUT2D eigenvalue weighted by Crippen LogP contribution is 2.12. The minimum absolute atomic E-state index is 0.0662. The highest BCUT2D eigenvalue weighted by Gasteiger charge is 2.16. The number of rotatable bonds is 5. The predicted octanol–water partition coefficient (Wildman–Crippen LogP) is 2.70. The zero-order chi connectivity index (χ0) is 15.4. The van der Waals surface area contributed by atoms with Gasteiger partial charge in [0.2, 0.25) is 5.78 Å². The molecule has 0 radical (unpaired) electrons. The van der Waals surface area contributed by atoms with Crippen LogP contribution in [0, 0.1) is 18.6 Å². The summed E-state index contributed by atoms with van der Waals surface area (Å²) >= 11 is 1.39. The van der Waals surface area contributed by atoms with Crippen LogP contribution in [0.4, 0.5) is 8.78 Å². The molecule has 1 aromatic carbocycles. The van der Waals surface area contributed by atoms with Gasteiger partial charge in [0.25, 0.3) is 0 Å². The van der Waals surface area contributed by atoms with Gasteiger partial charge in [-0.05, 0) is 25.1 Å². The van der Waals surface area contributed by atoms with E-state index in [0.717, 1.165) is 23.2 Å². The van der Waals surface area contributed by atoms with Crippen LogP contribution in [0.1, 0.15) is 21.1 Å². The third-order valence-electron chi connectivity index (χ3n) is 2.59. The van der Waals surface area contributed by atoms with Gasteiger partial charge in [0, 0.05) is 5.38 Å². The summed E-state index contributed by atoms with van der Waals surface area (Å²) in [5.41, 5.74) is 0.110. The Labute approximate surface area is 123 Å². The number of thiazole rings is 1. The average molecular weight is 311 g/mol. The molecule has 0 aliphatic heterocycles. The van der Waals surface area contributed by atoms with Crippen molar-refractivity contribution in [1.82, 2.24) is 4.98 Å². The summed E-state index contributed by atoms with van der Waals surface area (Å²) in [6.45, 7) is 1.16. The number of Topliss-reactive ketones (excluding diaryl/α,β-unsaturated/α-hetero) is 1. The molecule has 0 aliphatic carbocycles. The topological polar surface area (TPSA) is 56.3 Å². The van der Waals surface area contributed by atoms with Crippen molar-refractivity contribution in [2.45, 2.75) is 13.3 Å². The van der Waals surface area contributed by atoms with E-state index < -0.39 is 35.6 Å². The number of halogens is 2. The first-order valence-electron chi connectivity index (χ1n) is 6.00. The third-order valence-corrected chi connectivity index (χ3v) is 3.41. The molecule has 0 saturated heterocycles. The van der Waals surface area contributed by atoms with E-state index in [1.165, 1.54) is 11.3 Å². The summed E-state index contributed by atoms with van der Waals surface area (Å²) in [4.78, 5) is 27.3. The predicted molar refractivity (Wildman–Crippen MR) is 72.2 cm³/mol. The lowest BCUT2D eigenvalue weighted by Gasteiger charge is -2.04. The number of aryl methyl sites for hydroxylation is 1. The Kier molecular flexibility index (Phi) is 4.74. The van der Waals surface area contributed by atoms with Gasteiger partial charge in [-0.2, -0.15) is 0 Å². The lowest BCUT2D eigenvalue weighted by molar-refractivity contribution is -0.141. The van der Waals surface area contributed by atoms with Crippen molar-refractivity contribution in [1.29, 1.82) is 0 Å². The van der Waals surface area contributed by atoms with Crippen LogP contribution >= 0.6 is 11.3 Å². The number of benzene rings is 1. The lowest BCUT2D eigenvalue weighted by Crippen LogP contribution is -2.17. The number of carbonyl (C=O) groups excluding carboxylic acids is 2. The number of hydrogen-bond donors (Lipinski definition) is 0. The van der Waals surface area contributed by atoms with Gasteiger partial charge in [-0.3, -0.25) is 9.59 Å². The molecule has 0 spiro atoms. The van der Waals surface area contributed by atoms with E-state index in [1.807, 2.05) is 0 Å². The Morgan fingerprint density at radius 2 is 2.10 bits per heavy atom. The molecular weight excluding hydrogens is 300 g/mol. The van der Waals surface area contributed by atoms with Crippen LogP contribution < -0.4 is 0 Å². The quantitative estimate of drug-likeness (QED) is 0.629. The first-order valence-corrected chi connectivity index (χ1v) is 6.88.